The zero-order valence-corrected chi connectivity index (χ0v) is 17.8. The van der Waals surface area contributed by atoms with Crippen molar-refractivity contribution in [1.29, 1.82) is 0 Å². The molecule has 0 saturated carbocycles. The van der Waals surface area contributed by atoms with Crippen LogP contribution in [0.4, 0.5) is 5.82 Å². The zero-order valence-electron chi connectivity index (χ0n) is 17.8. The molecule has 1 N–H and O–H groups in total. The number of hydrogen-bond donors (Lipinski definition) is 1. The van der Waals surface area contributed by atoms with E-state index in [0.29, 0.717) is 11.4 Å². The fourth-order valence-electron chi connectivity index (χ4n) is 4.36. The number of amides is 1. The lowest BCUT2D eigenvalue weighted by Gasteiger charge is -2.23. The summed E-state index contributed by atoms with van der Waals surface area (Å²) in [5.41, 5.74) is 5.37. The Hall–Kier alpha value is -3.73. The van der Waals surface area contributed by atoms with E-state index in [2.05, 4.69) is 12.2 Å². The minimum absolute atomic E-state index is 0.0513. The van der Waals surface area contributed by atoms with Gasteiger partial charge in [0.15, 0.2) is 5.78 Å². The number of ketones is 1. The Bertz CT molecular complexity index is 1370. The first-order valence-corrected chi connectivity index (χ1v) is 10.4. The lowest BCUT2D eigenvalue weighted by molar-refractivity contribution is -0.116. The molecule has 1 amide bonds. The van der Waals surface area contributed by atoms with Gasteiger partial charge < -0.3 is 5.32 Å². The lowest BCUT2D eigenvalue weighted by Crippen LogP contribution is -2.28. The Kier molecular flexibility index (Phi) is 4.47. The van der Waals surface area contributed by atoms with Gasteiger partial charge in [-0.1, -0.05) is 42.5 Å². The highest BCUT2D eigenvalue weighted by Gasteiger charge is 2.36. The smallest absolute Gasteiger partial charge is 0.226 e. The van der Waals surface area contributed by atoms with Crippen molar-refractivity contribution in [2.24, 2.45) is 0 Å². The molecule has 0 spiro atoms. The van der Waals surface area contributed by atoms with Crippen LogP contribution < -0.4 is 5.32 Å². The van der Waals surface area contributed by atoms with Crippen molar-refractivity contribution in [1.82, 2.24) is 9.78 Å². The Balaban J connectivity index is 1.60. The predicted octanol–water partition coefficient (Wildman–Crippen LogP) is 5.26. The first-order valence-electron chi connectivity index (χ1n) is 10.4. The van der Waals surface area contributed by atoms with Gasteiger partial charge in [-0.05, 0) is 60.9 Å². The van der Waals surface area contributed by atoms with Crippen molar-refractivity contribution in [2.75, 3.05) is 5.32 Å². The van der Waals surface area contributed by atoms with Gasteiger partial charge in [0.2, 0.25) is 5.91 Å². The van der Waals surface area contributed by atoms with E-state index >= 15 is 0 Å². The number of nitrogens with zero attached hydrogens (tertiary/aromatic N) is 2. The van der Waals surface area contributed by atoms with E-state index in [4.69, 9.17) is 5.10 Å². The number of aryl methyl sites for hydroxylation is 3. The number of rotatable bonds is 3. The summed E-state index contributed by atoms with van der Waals surface area (Å²) >= 11 is 0. The SMILES string of the molecule is Cc1ccc(-n2nc(C)c3c2NC(=O)C[C@H]3C(=O)c2ccc3ccccc3c2)cc1C. The quantitative estimate of drug-likeness (QED) is 0.470. The maximum Gasteiger partial charge on any atom is 0.226 e. The zero-order chi connectivity index (χ0) is 21.7. The first-order chi connectivity index (χ1) is 14.9. The Morgan fingerprint density at radius 1 is 0.968 bits per heavy atom. The van der Waals surface area contributed by atoms with Crippen LogP contribution in [0.25, 0.3) is 16.5 Å². The molecular weight excluding hydrogens is 386 g/mol. The van der Waals surface area contributed by atoms with Gasteiger partial charge in [-0.25, -0.2) is 4.68 Å². The third kappa shape index (κ3) is 3.22. The highest BCUT2D eigenvalue weighted by Crippen LogP contribution is 2.38. The van der Waals surface area contributed by atoms with Crippen molar-refractivity contribution in [3.8, 4) is 5.69 Å². The molecule has 1 atom stereocenters. The number of aromatic nitrogens is 2. The second kappa shape index (κ2) is 7.20. The van der Waals surface area contributed by atoms with Crippen molar-refractivity contribution in [3.63, 3.8) is 0 Å². The van der Waals surface area contributed by atoms with Gasteiger partial charge >= 0.3 is 0 Å². The molecule has 5 heteroatoms. The summed E-state index contributed by atoms with van der Waals surface area (Å²) in [6.45, 7) is 6.00. The van der Waals surface area contributed by atoms with Crippen molar-refractivity contribution in [2.45, 2.75) is 33.1 Å². The summed E-state index contributed by atoms with van der Waals surface area (Å²) in [7, 11) is 0. The van der Waals surface area contributed by atoms with E-state index in [1.54, 1.807) is 4.68 Å². The monoisotopic (exact) mass is 409 g/mol. The van der Waals surface area contributed by atoms with Gasteiger partial charge in [-0.15, -0.1) is 0 Å². The van der Waals surface area contributed by atoms with Crippen LogP contribution in [0.2, 0.25) is 0 Å². The Labute approximate surface area is 180 Å². The molecule has 0 radical (unpaired) electrons. The van der Waals surface area contributed by atoms with Gasteiger partial charge in [0, 0.05) is 17.5 Å². The average molecular weight is 409 g/mol. The van der Waals surface area contributed by atoms with Gasteiger partial charge in [0.1, 0.15) is 5.82 Å². The Morgan fingerprint density at radius 3 is 2.52 bits per heavy atom. The second-order valence-corrected chi connectivity index (χ2v) is 8.26. The number of Topliss-reactive ketones (excluding diaryl/α,β-unsaturated/α-hetero) is 1. The summed E-state index contributed by atoms with van der Waals surface area (Å²) < 4.78 is 1.74. The fourth-order valence-corrected chi connectivity index (χ4v) is 4.36. The Morgan fingerprint density at radius 2 is 1.74 bits per heavy atom. The van der Waals surface area contributed by atoms with E-state index in [0.717, 1.165) is 33.3 Å². The maximum absolute atomic E-state index is 13.5. The molecule has 0 bridgehead atoms. The maximum atomic E-state index is 13.5. The molecule has 5 nitrogen and oxygen atoms in total. The molecule has 0 saturated heterocycles. The second-order valence-electron chi connectivity index (χ2n) is 8.26. The van der Waals surface area contributed by atoms with Gasteiger partial charge in [0.25, 0.3) is 0 Å². The number of benzene rings is 3. The predicted molar refractivity (Wildman–Crippen MR) is 122 cm³/mol. The minimum Gasteiger partial charge on any atom is -0.310 e. The number of fused-ring (bicyclic) bond motifs is 2. The summed E-state index contributed by atoms with van der Waals surface area (Å²) in [4.78, 5) is 26.1. The number of carbonyl (C=O) groups excluding carboxylic acids is 2. The average Bonchev–Trinajstić information content (AvgIpc) is 3.10. The summed E-state index contributed by atoms with van der Waals surface area (Å²) in [5, 5.41) is 9.74. The van der Waals surface area contributed by atoms with Crippen molar-refractivity contribution >= 4 is 28.3 Å². The normalized spacial score (nSPS) is 15.6. The first kappa shape index (κ1) is 19.2. The van der Waals surface area contributed by atoms with Crippen LogP contribution in [-0.4, -0.2) is 21.5 Å². The number of carbonyl (C=O) groups is 2. The molecule has 1 aliphatic rings. The van der Waals surface area contributed by atoms with Crippen LogP contribution in [0.3, 0.4) is 0 Å². The topological polar surface area (TPSA) is 64.0 Å². The highest BCUT2D eigenvalue weighted by atomic mass is 16.2. The van der Waals surface area contributed by atoms with E-state index in [9.17, 15) is 9.59 Å². The third-order valence-corrected chi connectivity index (χ3v) is 6.19. The highest BCUT2D eigenvalue weighted by molar-refractivity contribution is 6.09. The molecule has 1 aromatic heterocycles. The van der Waals surface area contributed by atoms with Gasteiger partial charge in [-0.3, -0.25) is 9.59 Å². The van der Waals surface area contributed by atoms with Crippen LogP contribution in [0.5, 0.6) is 0 Å². The molecule has 3 aromatic carbocycles. The summed E-state index contributed by atoms with van der Waals surface area (Å²) in [6, 6.07) is 19.7. The van der Waals surface area contributed by atoms with E-state index in [1.807, 2.05) is 74.5 Å². The molecule has 2 heterocycles. The van der Waals surface area contributed by atoms with E-state index in [-0.39, 0.29) is 18.1 Å². The molecule has 4 aromatic rings. The van der Waals surface area contributed by atoms with Crippen molar-refractivity contribution in [3.05, 3.63) is 88.6 Å². The molecule has 5 rings (SSSR count). The largest absolute Gasteiger partial charge is 0.310 e. The summed E-state index contributed by atoms with van der Waals surface area (Å²) in [5.74, 6) is -0.178. The molecule has 31 heavy (non-hydrogen) atoms. The molecule has 0 aliphatic carbocycles. The number of anilines is 1. The third-order valence-electron chi connectivity index (χ3n) is 6.19. The van der Waals surface area contributed by atoms with Crippen molar-refractivity contribution < 1.29 is 9.59 Å². The van der Waals surface area contributed by atoms with Crippen LogP contribution in [0, 0.1) is 20.8 Å². The molecular formula is C26H23N3O2. The summed E-state index contributed by atoms with van der Waals surface area (Å²) in [6.07, 6.45) is 0.123. The van der Waals surface area contributed by atoms with Crippen LogP contribution in [0.15, 0.2) is 60.7 Å². The van der Waals surface area contributed by atoms with Crippen LogP contribution in [0.1, 0.15) is 45.1 Å². The van der Waals surface area contributed by atoms with Crippen LogP contribution in [-0.2, 0) is 4.79 Å². The number of hydrogen-bond acceptors (Lipinski definition) is 3. The van der Waals surface area contributed by atoms with Gasteiger partial charge in [-0.2, -0.15) is 5.10 Å². The number of nitrogens with one attached hydrogen (secondary N) is 1. The minimum atomic E-state index is -0.551. The molecule has 154 valence electrons. The van der Waals surface area contributed by atoms with E-state index in [1.165, 1.54) is 5.56 Å². The molecule has 1 aliphatic heterocycles. The van der Waals surface area contributed by atoms with E-state index < -0.39 is 5.92 Å². The standard InChI is InChI=1S/C26H23N3O2/c1-15-8-11-21(12-16(15)2)29-26-24(17(3)28-29)22(14-23(30)27-26)25(31)20-10-9-18-6-4-5-7-19(18)13-20/h4-13,22H,14H2,1-3H3,(H,27,30)/t22-/m1/s1. The lowest BCUT2D eigenvalue weighted by atomic mass is 9.85. The molecule has 0 fully saturated rings. The fraction of sp³-hybridized carbons (Fsp3) is 0.192. The van der Waals surface area contributed by atoms with Crippen LogP contribution >= 0.6 is 0 Å². The molecule has 0 unspecified atom stereocenters. The van der Waals surface area contributed by atoms with Gasteiger partial charge in [0.05, 0.1) is 17.3 Å².